The third kappa shape index (κ3) is 1.51. The van der Waals surface area contributed by atoms with E-state index in [1.807, 2.05) is 0 Å². The Bertz CT molecular complexity index is 539. The van der Waals surface area contributed by atoms with Crippen molar-refractivity contribution in [2.24, 2.45) is 5.41 Å². The number of rotatable bonds is 1. The molecule has 0 unspecified atom stereocenters. The van der Waals surface area contributed by atoms with Crippen molar-refractivity contribution in [1.29, 1.82) is 0 Å². The molecule has 1 aromatic rings. The highest BCUT2D eigenvalue weighted by molar-refractivity contribution is 6.29. The fourth-order valence-corrected chi connectivity index (χ4v) is 1.86. The first-order chi connectivity index (χ1) is 8.26. The molecule has 1 saturated heterocycles. The number of H-pyrrole nitrogens is 1. The molecule has 0 radical (unpaired) electrons. The minimum Gasteiger partial charge on any atom is -0.280 e. The van der Waals surface area contributed by atoms with Crippen LogP contribution in [0.25, 0.3) is 0 Å². The predicted molar refractivity (Wildman–Crippen MR) is 62.9 cm³/mol. The van der Waals surface area contributed by atoms with Crippen molar-refractivity contribution in [2.45, 2.75) is 27.7 Å². The number of aromatic nitrogens is 2. The van der Waals surface area contributed by atoms with E-state index in [1.165, 1.54) is 13.8 Å². The Kier molecular flexibility index (Phi) is 2.50. The van der Waals surface area contributed by atoms with Crippen LogP contribution in [0, 0.1) is 19.3 Å². The first-order valence-electron chi connectivity index (χ1n) is 5.48. The molecule has 0 saturated carbocycles. The summed E-state index contributed by atoms with van der Waals surface area (Å²) in [5, 5.41) is 8.83. The molecule has 0 atom stereocenters. The zero-order valence-electron chi connectivity index (χ0n) is 10.6. The van der Waals surface area contributed by atoms with Gasteiger partial charge in [0.2, 0.25) is 11.8 Å². The number of anilines is 1. The molecular formula is C11H14N4O3. The summed E-state index contributed by atoms with van der Waals surface area (Å²) in [6.07, 6.45) is 0. The highest BCUT2D eigenvalue weighted by Crippen LogP contribution is 2.30. The summed E-state index contributed by atoms with van der Waals surface area (Å²) in [7, 11) is 0. The molecule has 2 rings (SSSR count). The van der Waals surface area contributed by atoms with Gasteiger partial charge in [0.05, 0.1) is 17.1 Å². The molecule has 7 heteroatoms. The second-order valence-corrected chi connectivity index (χ2v) is 4.81. The number of carbonyl (C=O) groups is 3. The zero-order valence-corrected chi connectivity index (χ0v) is 10.6. The number of amides is 4. The van der Waals surface area contributed by atoms with Crippen molar-refractivity contribution in [3.8, 4) is 0 Å². The van der Waals surface area contributed by atoms with Gasteiger partial charge in [-0.05, 0) is 27.7 Å². The summed E-state index contributed by atoms with van der Waals surface area (Å²) in [5.74, 6) is -1.14. The van der Waals surface area contributed by atoms with Crippen LogP contribution >= 0.6 is 0 Å². The average Bonchev–Trinajstić information content (AvgIpc) is 2.59. The summed E-state index contributed by atoms with van der Waals surface area (Å²) >= 11 is 0. The quantitative estimate of drug-likeness (QED) is 0.715. The van der Waals surface area contributed by atoms with E-state index >= 15 is 0 Å². The Morgan fingerprint density at radius 1 is 1.17 bits per heavy atom. The molecule has 0 spiro atoms. The van der Waals surface area contributed by atoms with Gasteiger partial charge in [0.1, 0.15) is 5.41 Å². The average molecular weight is 250 g/mol. The molecule has 0 aliphatic carbocycles. The molecule has 1 aromatic heterocycles. The number of hydrogen-bond donors (Lipinski definition) is 2. The second kappa shape index (κ2) is 3.66. The van der Waals surface area contributed by atoms with Crippen LogP contribution in [0.4, 0.5) is 10.5 Å². The molecule has 18 heavy (non-hydrogen) atoms. The van der Waals surface area contributed by atoms with Gasteiger partial charge in [-0.3, -0.25) is 20.0 Å². The van der Waals surface area contributed by atoms with Crippen molar-refractivity contribution < 1.29 is 14.4 Å². The third-order valence-electron chi connectivity index (χ3n) is 3.04. The molecule has 0 bridgehead atoms. The minimum atomic E-state index is -1.27. The van der Waals surface area contributed by atoms with Gasteiger partial charge in [0, 0.05) is 0 Å². The Hall–Kier alpha value is -2.18. The van der Waals surface area contributed by atoms with Crippen molar-refractivity contribution >= 4 is 23.5 Å². The minimum absolute atomic E-state index is 0.401. The van der Waals surface area contributed by atoms with Crippen LogP contribution in [-0.4, -0.2) is 28.0 Å². The van der Waals surface area contributed by atoms with Crippen LogP contribution in [0.15, 0.2) is 0 Å². The number of imide groups is 2. The molecule has 1 fully saturated rings. The third-order valence-corrected chi connectivity index (χ3v) is 3.04. The number of hydrogen-bond acceptors (Lipinski definition) is 4. The van der Waals surface area contributed by atoms with Crippen LogP contribution in [0.5, 0.6) is 0 Å². The number of urea groups is 1. The van der Waals surface area contributed by atoms with E-state index in [0.717, 1.165) is 4.90 Å². The fourth-order valence-electron chi connectivity index (χ4n) is 1.86. The maximum absolute atomic E-state index is 12.3. The maximum Gasteiger partial charge on any atom is 0.335 e. The smallest absolute Gasteiger partial charge is 0.280 e. The Labute approximate surface area is 104 Å². The molecule has 96 valence electrons. The van der Waals surface area contributed by atoms with Crippen LogP contribution < -0.4 is 10.2 Å². The Balaban J connectivity index is 2.54. The first-order valence-corrected chi connectivity index (χ1v) is 5.48. The summed E-state index contributed by atoms with van der Waals surface area (Å²) < 4.78 is 0. The van der Waals surface area contributed by atoms with Crippen molar-refractivity contribution in [2.75, 3.05) is 4.90 Å². The van der Waals surface area contributed by atoms with Gasteiger partial charge >= 0.3 is 6.03 Å². The van der Waals surface area contributed by atoms with Gasteiger partial charge in [-0.2, -0.15) is 5.10 Å². The molecular weight excluding hydrogens is 236 g/mol. The summed E-state index contributed by atoms with van der Waals surface area (Å²) in [6, 6.07) is -0.739. The largest absolute Gasteiger partial charge is 0.335 e. The Morgan fingerprint density at radius 2 is 1.78 bits per heavy atom. The van der Waals surface area contributed by atoms with Crippen molar-refractivity contribution in [3.63, 3.8) is 0 Å². The van der Waals surface area contributed by atoms with Gasteiger partial charge in [-0.25, -0.2) is 9.69 Å². The second-order valence-electron chi connectivity index (χ2n) is 4.81. The lowest BCUT2D eigenvalue weighted by molar-refractivity contribution is -0.140. The van der Waals surface area contributed by atoms with Gasteiger partial charge in [0.15, 0.2) is 0 Å². The predicted octanol–water partition coefficient (Wildman–Crippen LogP) is 0.636. The molecule has 0 aromatic carbocycles. The fraction of sp³-hybridized carbons (Fsp3) is 0.455. The van der Waals surface area contributed by atoms with E-state index in [9.17, 15) is 14.4 Å². The molecule has 2 heterocycles. The summed E-state index contributed by atoms with van der Waals surface area (Å²) in [5.41, 5.74) is 0.254. The lowest BCUT2D eigenvalue weighted by atomic mass is 9.88. The molecule has 4 amide bonds. The number of nitrogens with one attached hydrogen (secondary N) is 2. The SMILES string of the molecule is Cc1n[nH]c(C)c1N1C(=O)NC(=O)C(C)(C)C1=O. The molecule has 1 aliphatic rings. The van der Waals surface area contributed by atoms with Crippen molar-refractivity contribution in [1.82, 2.24) is 15.5 Å². The van der Waals surface area contributed by atoms with Gasteiger partial charge in [0.25, 0.3) is 0 Å². The highest BCUT2D eigenvalue weighted by atomic mass is 16.2. The number of nitrogens with zero attached hydrogens (tertiary/aromatic N) is 2. The lowest BCUT2D eigenvalue weighted by Gasteiger charge is -2.34. The molecule has 7 nitrogen and oxygen atoms in total. The van der Waals surface area contributed by atoms with E-state index in [-0.39, 0.29) is 0 Å². The van der Waals surface area contributed by atoms with Crippen LogP contribution in [0.3, 0.4) is 0 Å². The first kappa shape index (κ1) is 12.3. The summed E-state index contributed by atoms with van der Waals surface area (Å²) in [4.78, 5) is 36.7. The topological polar surface area (TPSA) is 95.2 Å². The van der Waals surface area contributed by atoms with Crippen LogP contribution in [0.1, 0.15) is 25.2 Å². The standard InChI is InChI=1S/C11H14N4O3/c1-5-7(6(2)14-13-5)15-9(17)11(3,4)8(16)12-10(15)18/h1-4H3,(H,13,14)(H,12,16,18). The normalized spacial score (nSPS) is 19.1. The van der Waals surface area contributed by atoms with Crippen LogP contribution in [0.2, 0.25) is 0 Å². The number of aromatic amines is 1. The number of barbiturate groups is 1. The summed E-state index contributed by atoms with van der Waals surface area (Å²) in [6.45, 7) is 6.35. The molecule has 1 aliphatic heterocycles. The van der Waals surface area contributed by atoms with E-state index in [1.54, 1.807) is 13.8 Å². The van der Waals surface area contributed by atoms with Gasteiger partial charge in [-0.1, -0.05) is 0 Å². The van der Waals surface area contributed by atoms with E-state index in [4.69, 9.17) is 0 Å². The van der Waals surface area contributed by atoms with Gasteiger partial charge in [-0.15, -0.1) is 0 Å². The Morgan fingerprint density at radius 3 is 2.28 bits per heavy atom. The zero-order chi connectivity index (χ0) is 13.7. The maximum atomic E-state index is 12.3. The highest BCUT2D eigenvalue weighted by Gasteiger charge is 2.48. The lowest BCUT2D eigenvalue weighted by Crippen LogP contribution is -2.62. The monoisotopic (exact) mass is 250 g/mol. The van der Waals surface area contributed by atoms with Crippen LogP contribution in [-0.2, 0) is 9.59 Å². The van der Waals surface area contributed by atoms with E-state index < -0.39 is 23.3 Å². The van der Waals surface area contributed by atoms with Gasteiger partial charge < -0.3 is 0 Å². The number of carbonyl (C=O) groups excluding carboxylic acids is 3. The van der Waals surface area contributed by atoms with E-state index in [0.29, 0.717) is 17.1 Å². The van der Waals surface area contributed by atoms with Crippen molar-refractivity contribution in [3.05, 3.63) is 11.4 Å². The number of aryl methyl sites for hydroxylation is 2. The van der Waals surface area contributed by atoms with E-state index in [2.05, 4.69) is 15.5 Å². The molecule has 2 N–H and O–H groups in total.